The largest absolute Gasteiger partial charge is 0.356 e. The zero-order chi connectivity index (χ0) is 17.2. The fraction of sp³-hybridized carbons (Fsp3) is 0.526. The van der Waals surface area contributed by atoms with Crippen LogP contribution in [0.25, 0.3) is 0 Å². The third kappa shape index (κ3) is 3.40. The van der Waals surface area contributed by atoms with E-state index in [1.54, 1.807) is 0 Å². The van der Waals surface area contributed by atoms with E-state index < -0.39 is 0 Å². The van der Waals surface area contributed by atoms with Crippen molar-refractivity contribution in [3.63, 3.8) is 0 Å². The minimum atomic E-state index is 0.128. The van der Waals surface area contributed by atoms with Crippen molar-refractivity contribution < 1.29 is 4.79 Å². The van der Waals surface area contributed by atoms with Crippen molar-refractivity contribution in [2.45, 2.75) is 45.6 Å². The van der Waals surface area contributed by atoms with Gasteiger partial charge >= 0.3 is 0 Å². The topological polar surface area (TPSA) is 49.3 Å². The first-order valence-corrected chi connectivity index (χ1v) is 10.0. The molecular weight excluding hydrogens is 332 g/mol. The molecule has 2 aliphatic heterocycles. The van der Waals surface area contributed by atoms with Gasteiger partial charge in [-0.1, -0.05) is 18.9 Å². The molecule has 0 saturated carbocycles. The molecule has 0 N–H and O–H groups in total. The number of rotatable bonds is 2. The normalized spacial score (nSPS) is 18.0. The van der Waals surface area contributed by atoms with Crippen LogP contribution in [0.2, 0.25) is 0 Å². The van der Waals surface area contributed by atoms with E-state index in [0.717, 1.165) is 53.8 Å². The van der Waals surface area contributed by atoms with Crippen molar-refractivity contribution in [1.82, 2.24) is 14.9 Å². The predicted octanol–water partition coefficient (Wildman–Crippen LogP) is 3.43. The summed E-state index contributed by atoms with van der Waals surface area (Å²) in [6, 6.07) is 3.84. The summed E-state index contributed by atoms with van der Waals surface area (Å²) < 4.78 is 0. The van der Waals surface area contributed by atoms with Gasteiger partial charge in [0.05, 0.1) is 17.1 Å². The zero-order valence-corrected chi connectivity index (χ0v) is 15.5. The molecule has 2 aliphatic rings. The van der Waals surface area contributed by atoms with E-state index in [-0.39, 0.29) is 5.91 Å². The molecule has 1 fully saturated rings. The lowest BCUT2D eigenvalue weighted by Crippen LogP contribution is -2.38. The first kappa shape index (κ1) is 16.5. The van der Waals surface area contributed by atoms with Crippen molar-refractivity contribution in [2.75, 3.05) is 24.5 Å². The molecule has 0 aliphatic carbocycles. The Morgan fingerprint density at radius 2 is 1.92 bits per heavy atom. The molecule has 0 aromatic carbocycles. The van der Waals surface area contributed by atoms with Gasteiger partial charge in [-0.2, -0.15) is 0 Å². The molecule has 0 atom stereocenters. The van der Waals surface area contributed by atoms with Crippen LogP contribution < -0.4 is 4.90 Å². The average molecular weight is 356 g/mol. The van der Waals surface area contributed by atoms with Crippen LogP contribution in [0.5, 0.6) is 0 Å². The summed E-state index contributed by atoms with van der Waals surface area (Å²) in [6.07, 6.45) is 5.85. The smallest absolute Gasteiger partial charge is 0.264 e. The fourth-order valence-corrected chi connectivity index (χ4v) is 4.48. The number of fused-ring (bicyclic) bond motifs is 1. The van der Waals surface area contributed by atoms with Crippen LogP contribution in [0.3, 0.4) is 0 Å². The summed E-state index contributed by atoms with van der Waals surface area (Å²) in [5.74, 6) is 2.03. The van der Waals surface area contributed by atoms with Gasteiger partial charge < -0.3 is 9.80 Å². The molecular formula is C19H24N4OS. The molecule has 4 rings (SSSR count). The highest BCUT2D eigenvalue weighted by atomic mass is 32.1. The van der Waals surface area contributed by atoms with Gasteiger partial charge in [0.2, 0.25) is 0 Å². The summed E-state index contributed by atoms with van der Waals surface area (Å²) in [5, 5.41) is 1.96. The SMILES string of the molecule is Cc1nc2c(c(N3CCCCCC3)n1)CN(C(=O)c1cccs1)CC2. The lowest BCUT2D eigenvalue weighted by Gasteiger charge is -2.32. The van der Waals surface area contributed by atoms with Crippen molar-refractivity contribution in [2.24, 2.45) is 0 Å². The third-order valence-corrected chi connectivity index (χ3v) is 5.93. The van der Waals surface area contributed by atoms with E-state index in [9.17, 15) is 4.79 Å². The highest BCUT2D eigenvalue weighted by Crippen LogP contribution is 2.29. The van der Waals surface area contributed by atoms with Gasteiger partial charge in [-0.25, -0.2) is 9.97 Å². The number of hydrogen-bond donors (Lipinski definition) is 0. The minimum Gasteiger partial charge on any atom is -0.356 e. The van der Waals surface area contributed by atoms with E-state index in [1.807, 2.05) is 29.3 Å². The van der Waals surface area contributed by atoms with Crippen LogP contribution in [0.15, 0.2) is 17.5 Å². The van der Waals surface area contributed by atoms with Crippen molar-refractivity contribution >= 4 is 23.1 Å². The second-order valence-electron chi connectivity index (χ2n) is 6.87. The van der Waals surface area contributed by atoms with Crippen LogP contribution in [0.4, 0.5) is 5.82 Å². The Bertz CT molecular complexity index is 751. The standard InChI is InChI=1S/C19H24N4OS/c1-14-20-16-8-11-23(19(24)17-7-6-12-25-17)13-15(16)18(21-14)22-9-4-2-3-5-10-22/h6-7,12H,2-5,8-11,13H2,1H3. The summed E-state index contributed by atoms with van der Waals surface area (Å²) >= 11 is 1.51. The number of nitrogens with zero attached hydrogens (tertiary/aromatic N) is 4. The molecule has 1 saturated heterocycles. The maximum absolute atomic E-state index is 12.8. The summed E-state index contributed by atoms with van der Waals surface area (Å²) in [4.78, 5) is 27.4. The number of aromatic nitrogens is 2. The number of anilines is 1. The first-order valence-electron chi connectivity index (χ1n) is 9.16. The number of hydrogen-bond acceptors (Lipinski definition) is 5. The molecule has 132 valence electrons. The lowest BCUT2D eigenvalue weighted by molar-refractivity contribution is 0.0738. The Labute approximate surface area is 152 Å². The monoisotopic (exact) mass is 356 g/mol. The van der Waals surface area contributed by atoms with Gasteiger partial charge in [0.1, 0.15) is 11.6 Å². The van der Waals surface area contributed by atoms with Crippen LogP contribution in [-0.4, -0.2) is 40.4 Å². The molecule has 1 amide bonds. The zero-order valence-electron chi connectivity index (χ0n) is 14.7. The van der Waals surface area contributed by atoms with Crippen LogP contribution in [-0.2, 0) is 13.0 Å². The van der Waals surface area contributed by atoms with E-state index in [1.165, 1.54) is 37.0 Å². The highest BCUT2D eigenvalue weighted by molar-refractivity contribution is 7.12. The minimum absolute atomic E-state index is 0.128. The molecule has 0 bridgehead atoms. The van der Waals surface area contributed by atoms with Crippen molar-refractivity contribution in [1.29, 1.82) is 0 Å². The van der Waals surface area contributed by atoms with Crippen LogP contribution >= 0.6 is 11.3 Å². The van der Waals surface area contributed by atoms with Gasteiger partial charge in [-0.05, 0) is 31.2 Å². The number of carbonyl (C=O) groups is 1. The highest BCUT2D eigenvalue weighted by Gasteiger charge is 2.28. The molecule has 4 heterocycles. The van der Waals surface area contributed by atoms with E-state index in [2.05, 4.69) is 9.88 Å². The van der Waals surface area contributed by atoms with Crippen LogP contribution in [0.1, 0.15) is 52.4 Å². The first-order chi connectivity index (χ1) is 12.2. The molecule has 25 heavy (non-hydrogen) atoms. The average Bonchev–Trinajstić information content (AvgIpc) is 3.03. The number of aryl methyl sites for hydroxylation is 1. The number of carbonyl (C=O) groups excluding carboxylic acids is 1. The van der Waals surface area contributed by atoms with Gasteiger partial charge in [0.25, 0.3) is 5.91 Å². The Morgan fingerprint density at radius 1 is 1.12 bits per heavy atom. The molecule has 2 aromatic rings. The molecule has 6 heteroatoms. The fourth-order valence-electron chi connectivity index (χ4n) is 3.79. The molecule has 5 nitrogen and oxygen atoms in total. The van der Waals surface area contributed by atoms with E-state index >= 15 is 0 Å². The third-order valence-electron chi connectivity index (χ3n) is 5.08. The predicted molar refractivity (Wildman–Crippen MR) is 100 cm³/mol. The summed E-state index contributed by atoms with van der Waals surface area (Å²) in [7, 11) is 0. The maximum Gasteiger partial charge on any atom is 0.264 e. The summed E-state index contributed by atoms with van der Waals surface area (Å²) in [5.41, 5.74) is 2.28. The lowest BCUT2D eigenvalue weighted by atomic mass is 10.0. The molecule has 2 aromatic heterocycles. The number of amides is 1. The Kier molecular flexibility index (Phi) is 4.70. The molecule has 0 unspecified atom stereocenters. The van der Waals surface area contributed by atoms with E-state index in [4.69, 9.17) is 4.98 Å². The maximum atomic E-state index is 12.8. The quantitative estimate of drug-likeness (QED) is 0.827. The van der Waals surface area contributed by atoms with Crippen molar-refractivity contribution in [3.05, 3.63) is 39.5 Å². The van der Waals surface area contributed by atoms with E-state index in [0.29, 0.717) is 6.54 Å². The van der Waals surface area contributed by atoms with Gasteiger partial charge in [-0.15, -0.1) is 11.3 Å². The molecule has 0 spiro atoms. The van der Waals surface area contributed by atoms with Gasteiger partial charge in [-0.3, -0.25) is 4.79 Å². The Balaban J connectivity index is 1.64. The summed E-state index contributed by atoms with van der Waals surface area (Å²) in [6.45, 7) is 5.45. The van der Waals surface area contributed by atoms with Crippen LogP contribution in [0, 0.1) is 6.92 Å². The second kappa shape index (κ2) is 7.12. The second-order valence-corrected chi connectivity index (χ2v) is 7.82. The molecule has 0 radical (unpaired) electrons. The van der Waals surface area contributed by atoms with Gasteiger partial charge in [0, 0.05) is 31.6 Å². The Morgan fingerprint density at radius 3 is 2.64 bits per heavy atom. The van der Waals surface area contributed by atoms with Crippen molar-refractivity contribution in [3.8, 4) is 0 Å². The number of thiophene rings is 1. The van der Waals surface area contributed by atoms with Gasteiger partial charge in [0.15, 0.2) is 0 Å². The Hall–Kier alpha value is -1.95.